The number of carbonyl (C=O) groups excluding carboxylic acids is 2. The van der Waals surface area contributed by atoms with Gasteiger partial charge in [-0.05, 0) is 31.0 Å². The number of nitrogens with one attached hydrogen (secondary N) is 2. The summed E-state index contributed by atoms with van der Waals surface area (Å²) in [5.74, 6) is -0.195. The van der Waals surface area contributed by atoms with Gasteiger partial charge in [0.25, 0.3) is 5.91 Å². The number of nitrogens with zero attached hydrogens (tertiary/aromatic N) is 1. The molecule has 152 valence electrons. The zero-order chi connectivity index (χ0) is 21.1. The molecule has 0 fully saturated rings. The molecule has 0 aliphatic carbocycles. The van der Waals surface area contributed by atoms with E-state index in [4.69, 9.17) is 4.52 Å². The lowest BCUT2D eigenvalue weighted by Crippen LogP contribution is -2.41. The molecule has 29 heavy (non-hydrogen) atoms. The molecular weight excluding hydrogens is 438 g/mol. The van der Waals surface area contributed by atoms with E-state index < -0.39 is 0 Å². The minimum absolute atomic E-state index is 0.0770. The van der Waals surface area contributed by atoms with Crippen LogP contribution in [0.2, 0.25) is 0 Å². The number of aliphatic hydroxyl groups is 1. The molecule has 3 N–H and O–H groups in total. The molecule has 0 saturated carbocycles. The van der Waals surface area contributed by atoms with Crippen LogP contribution in [0.4, 0.5) is 0 Å². The molecule has 1 amide bonds. The second-order valence-corrected chi connectivity index (χ2v) is 8.02. The Morgan fingerprint density at radius 1 is 1.28 bits per heavy atom. The van der Waals surface area contributed by atoms with E-state index in [1.54, 1.807) is 6.92 Å². The number of hydrogen-bond donors (Lipinski definition) is 3. The third-order valence-corrected chi connectivity index (χ3v) is 5.24. The van der Waals surface area contributed by atoms with E-state index in [1.807, 2.05) is 38.1 Å². The van der Waals surface area contributed by atoms with Crippen molar-refractivity contribution in [3.8, 4) is 11.3 Å². The topological polar surface area (TPSA) is 108 Å². The molecule has 0 saturated heterocycles. The third kappa shape index (κ3) is 4.49. The number of hydrogen-bond acceptors (Lipinski definition) is 5. The average molecular weight is 460 g/mol. The molecule has 2 heterocycles. The monoisotopic (exact) mass is 459 g/mol. The Balaban J connectivity index is 1.87. The molecule has 0 unspecified atom stereocenters. The zero-order valence-corrected chi connectivity index (χ0v) is 17.9. The van der Waals surface area contributed by atoms with Crippen molar-refractivity contribution < 1.29 is 19.2 Å². The summed E-state index contributed by atoms with van der Waals surface area (Å²) < 4.78 is 6.19. The van der Waals surface area contributed by atoms with Crippen LogP contribution in [0.1, 0.15) is 46.0 Å². The Kier molecular flexibility index (Phi) is 6.34. The molecule has 3 rings (SSSR count). The summed E-state index contributed by atoms with van der Waals surface area (Å²) >= 11 is 3.39. The maximum atomic E-state index is 13.1. The fourth-order valence-electron chi connectivity index (χ4n) is 2.91. The first-order chi connectivity index (χ1) is 13.8. The number of aromatic nitrogens is 2. The first-order valence-electron chi connectivity index (χ1n) is 9.18. The smallest absolute Gasteiger partial charge is 0.268 e. The lowest BCUT2D eigenvalue weighted by molar-refractivity contribution is 0.0892. The van der Waals surface area contributed by atoms with Crippen molar-refractivity contribution >= 4 is 27.6 Å². The average Bonchev–Trinajstić information content (AvgIpc) is 3.33. The lowest BCUT2D eigenvalue weighted by Gasteiger charge is -2.19. The zero-order valence-electron chi connectivity index (χ0n) is 16.3. The molecule has 3 aromatic rings. The van der Waals surface area contributed by atoms with Gasteiger partial charge in [-0.25, -0.2) is 0 Å². The molecular formula is C21H22BrN3O4. The Morgan fingerprint density at radius 2 is 1.97 bits per heavy atom. The summed E-state index contributed by atoms with van der Waals surface area (Å²) in [6, 6.07) is 8.53. The van der Waals surface area contributed by atoms with Crippen molar-refractivity contribution in [3.63, 3.8) is 0 Å². The first kappa shape index (κ1) is 21.0. The molecule has 2 aromatic heterocycles. The number of rotatable bonds is 7. The van der Waals surface area contributed by atoms with Crippen molar-refractivity contribution in [2.75, 3.05) is 6.61 Å². The van der Waals surface area contributed by atoms with Crippen LogP contribution in [0.3, 0.4) is 0 Å². The molecule has 7 nitrogen and oxygen atoms in total. The maximum absolute atomic E-state index is 13.1. The van der Waals surface area contributed by atoms with E-state index in [9.17, 15) is 14.7 Å². The summed E-state index contributed by atoms with van der Waals surface area (Å²) in [6.07, 6.45) is 1.48. The molecule has 1 aromatic carbocycles. The van der Waals surface area contributed by atoms with Crippen molar-refractivity contribution in [1.29, 1.82) is 0 Å². The van der Waals surface area contributed by atoms with Gasteiger partial charge in [-0.2, -0.15) is 0 Å². The van der Waals surface area contributed by atoms with Crippen molar-refractivity contribution in [3.05, 3.63) is 63.6 Å². The molecule has 0 bridgehead atoms. The van der Waals surface area contributed by atoms with Gasteiger partial charge in [-0.1, -0.05) is 47.1 Å². The van der Waals surface area contributed by atoms with E-state index in [0.29, 0.717) is 22.6 Å². The lowest BCUT2D eigenvalue weighted by atomic mass is 9.99. The van der Waals surface area contributed by atoms with Gasteiger partial charge in [0.1, 0.15) is 17.1 Å². The highest BCUT2D eigenvalue weighted by Crippen LogP contribution is 2.28. The van der Waals surface area contributed by atoms with Gasteiger partial charge in [0.05, 0.1) is 18.2 Å². The SMILES string of the molecule is Cc1onc(-c2ccc(Br)cc2)c1C(=O)c1c[nH]c(C(=O)N[C@@H](CO)C(C)C)c1. The van der Waals surface area contributed by atoms with Gasteiger partial charge >= 0.3 is 0 Å². The summed E-state index contributed by atoms with van der Waals surface area (Å²) in [5, 5.41) is 16.2. The highest BCUT2D eigenvalue weighted by Gasteiger charge is 2.25. The highest BCUT2D eigenvalue weighted by atomic mass is 79.9. The van der Waals surface area contributed by atoms with E-state index in [1.165, 1.54) is 12.3 Å². The summed E-state index contributed by atoms with van der Waals surface area (Å²) in [7, 11) is 0. The largest absolute Gasteiger partial charge is 0.394 e. The van der Waals surface area contributed by atoms with Crippen LogP contribution in [0.5, 0.6) is 0 Å². The molecule has 8 heteroatoms. The van der Waals surface area contributed by atoms with Gasteiger partial charge in [0.2, 0.25) is 0 Å². The second-order valence-electron chi connectivity index (χ2n) is 7.11. The number of ketones is 1. The van der Waals surface area contributed by atoms with E-state index >= 15 is 0 Å². The molecule has 0 spiro atoms. The number of amides is 1. The number of halogens is 1. The standard InChI is InChI=1S/C21H22BrN3O4/c1-11(2)17(10-26)24-21(28)16-8-14(9-23-16)20(27)18-12(3)29-25-19(18)13-4-6-15(22)7-5-13/h4-9,11,17,23,26H,10H2,1-3H3,(H,24,28)/t17-/m0/s1. The molecule has 0 radical (unpaired) electrons. The fraction of sp³-hybridized carbons (Fsp3) is 0.286. The first-order valence-corrected chi connectivity index (χ1v) is 9.98. The van der Waals surface area contributed by atoms with Gasteiger partial charge < -0.3 is 19.9 Å². The maximum Gasteiger partial charge on any atom is 0.268 e. The van der Waals surface area contributed by atoms with Gasteiger partial charge in [0, 0.05) is 21.8 Å². The Morgan fingerprint density at radius 3 is 2.59 bits per heavy atom. The third-order valence-electron chi connectivity index (χ3n) is 4.72. The van der Waals surface area contributed by atoms with E-state index in [0.717, 1.165) is 10.0 Å². The van der Waals surface area contributed by atoms with E-state index in [2.05, 4.69) is 31.4 Å². The van der Waals surface area contributed by atoms with Gasteiger partial charge in [-0.15, -0.1) is 0 Å². The van der Waals surface area contributed by atoms with Crippen LogP contribution < -0.4 is 5.32 Å². The Bertz CT molecular complexity index is 1020. The number of aliphatic hydroxyl groups excluding tert-OH is 1. The summed E-state index contributed by atoms with van der Waals surface area (Å²) in [4.78, 5) is 28.4. The molecule has 0 aliphatic rings. The number of benzene rings is 1. The summed E-state index contributed by atoms with van der Waals surface area (Å²) in [5.41, 5.74) is 2.13. The predicted molar refractivity (Wildman–Crippen MR) is 112 cm³/mol. The van der Waals surface area contributed by atoms with Crippen LogP contribution in [0.25, 0.3) is 11.3 Å². The van der Waals surface area contributed by atoms with Gasteiger partial charge in [-0.3, -0.25) is 9.59 Å². The van der Waals surface area contributed by atoms with Crippen molar-refractivity contribution in [2.45, 2.75) is 26.8 Å². The van der Waals surface area contributed by atoms with Crippen LogP contribution >= 0.6 is 15.9 Å². The van der Waals surface area contributed by atoms with Crippen LogP contribution in [0.15, 0.2) is 45.5 Å². The normalized spacial score (nSPS) is 12.2. The molecule has 1 atom stereocenters. The van der Waals surface area contributed by atoms with Crippen molar-refractivity contribution in [1.82, 2.24) is 15.5 Å². The predicted octanol–water partition coefficient (Wildman–Crippen LogP) is 3.72. The quantitative estimate of drug-likeness (QED) is 0.466. The Labute approximate surface area is 176 Å². The van der Waals surface area contributed by atoms with Crippen LogP contribution in [0, 0.1) is 12.8 Å². The van der Waals surface area contributed by atoms with Crippen LogP contribution in [-0.2, 0) is 0 Å². The number of aryl methyl sites for hydroxylation is 1. The minimum Gasteiger partial charge on any atom is -0.394 e. The fourth-order valence-corrected chi connectivity index (χ4v) is 3.18. The Hall–Kier alpha value is -2.71. The van der Waals surface area contributed by atoms with Crippen LogP contribution in [-0.4, -0.2) is 39.6 Å². The molecule has 0 aliphatic heterocycles. The van der Waals surface area contributed by atoms with E-state index in [-0.39, 0.29) is 36.0 Å². The minimum atomic E-state index is -0.382. The van der Waals surface area contributed by atoms with Gasteiger partial charge in [0.15, 0.2) is 5.78 Å². The number of carbonyl (C=O) groups is 2. The number of aromatic amines is 1. The summed E-state index contributed by atoms with van der Waals surface area (Å²) in [6.45, 7) is 5.33. The second kappa shape index (κ2) is 8.75. The highest BCUT2D eigenvalue weighted by molar-refractivity contribution is 9.10. The number of H-pyrrole nitrogens is 1. The van der Waals surface area contributed by atoms with Crippen molar-refractivity contribution in [2.24, 2.45) is 5.92 Å².